The Bertz CT molecular complexity index is 956. The molecule has 3 aromatic rings. The summed E-state index contributed by atoms with van der Waals surface area (Å²) in [5.74, 6) is 0.637. The molecule has 0 radical (unpaired) electrons. The molecule has 0 aromatic heterocycles. The average Bonchev–Trinajstić information content (AvgIpc) is 2.69. The second-order valence-corrected chi connectivity index (χ2v) is 6.22. The van der Waals surface area contributed by atoms with E-state index in [0.29, 0.717) is 11.4 Å². The zero-order chi connectivity index (χ0) is 19.9. The molecule has 6 nitrogen and oxygen atoms in total. The molecule has 0 fully saturated rings. The topological polar surface area (TPSA) is 84.7 Å². The van der Waals surface area contributed by atoms with E-state index in [0.717, 1.165) is 11.4 Å². The van der Waals surface area contributed by atoms with Crippen LogP contribution in [0.2, 0.25) is 0 Å². The Morgan fingerprint density at radius 1 is 0.893 bits per heavy atom. The standard InChI is InChI=1S/C22H21N3O3/c1-25(15-21(26)24-20-10-6-5-9-19(20)22(23)27)16-11-13-18(14-12-16)28-17-7-3-2-4-8-17/h2-14H,15H2,1H3,(H2,23,27)(H,24,26). The van der Waals surface area contributed by atoms with Crippen molar-refractivity contribution in [3.05, 3.63) is 84.4 Å². The number of benzene rings is 3. The van der Waals surface area contributed by atoms with Crippen molar-refractivity contribution in [1.82, 2.24) is 0 Å². The Balaban J connectivity index is 1.60. The summed E-state index contributed by atoms with van der Waals surface area (Å²) in [4.78, 5) is 25.6. The third-order valence-electron chi connectivity index (χ3n) is 4.10. The highest BCUT2D eigenvalue weighted by Crippen LogP contribution is 2.24. The number of likely N-dealkylation sites (N-methyl/N-ethyl adjacent to an activating group) is 1. The van der Waals surface area contributed by atoms with Crippen LogP contribution in [-0.2, 0) is 4.79 Å². The predicted octanol–water partition coefficient (Wildman–Crippen LogP) is 3.65. The van der Waals surface area contributed by atoms with Crippen molar-refractivity contribution < 1.29 is 14.3 Å². The van der Waals surface area contributed by atoms with Gasteiger partial charge < -0.3 is 20.7 Å². The van der Waals surface area contributed by atoms with Gasteiger partial charge in [0.1, 0.15) is 11.5 Å². The summed E-state index contributed by atoms with van der Waals surface area (Å²) in [6.45, 7) is 0.117. The van der Waals surface area contributed by atoms with Crippen LogP contribution in [-0.4, -0.2) is 25.4 Å². The van der Waals surface area contributed by atoms with Crippen molar-refractivity contribution in [1.29, 1.82) is 0 Å². The van der Waals surface area contributed by atoms with Crippen LogP contribution >= 0.6 is 0 Å². The number of amides is 2. The molecule has 0 heterocycles. The first-order valence-electron chi connectivity index (χ1n) is 8.76. The lowest BCUT2D eigenvalue weighted by atomic mass is 10.1. The molecule has 0 saturated carbocycles. The Hall–Kier alpha value is -3.80. The van der Waals surface area contributed by atoms with Gasteiger partial charge in [-0.3, -0.25) is 9.59 Å². The van der Waals surface area contributed by atoms with E-state index < -0.39 is 5.91 Å². The largest absolute Gasteiger partial charge is 0.457 e. The van der Waals surface area contributed by atoms with Gasteiger partial charge in [-0.15, -0.1) is 0 Å². The first-order valence-corrected chi connectivity index (χ1v) is 8.76. The minimum absolute atomic E-state index is 0.117. The first-order chi connectivity index (χ1) is 13.5. The van der Waals surface area contributed by atoms with E-state index in [4.69, 9.17) is 10.5 Å². The molecule has 0 saturated heterocycles. The van der Waals surface area contributed by atoms with Gasteiger partial charge in [0.2, 0.25) is 5.91 Å². The quantitative estimate of drug-likeness (QED) is 0.660. The van der Waals surface area contributed by atoms with Crippen LogP contribution in [0.3, 0.4) is 0 Å². The number of nitrogens with two attached hydrogens (primary N) is 1. The zero-order valence-corrected chi connectivity index (χ0v) is 15.5. The van der Waals surface area contributed by atoms with Gasteiger partial charge >= 0.3 is 0 Å². The molecule has 6 heteroatoms. The van der Waals surface area contributed by atoms with E-state index in [9.17, 15) is 9.59 Å². The molecule has 0 aliphatic heterocycles. The van der Waals surface area contributed by atoms with E-state index in [1.54, 1.807) is 29.2 Å². The Kier molecular flexibility index (Phi) is 5.91. The van der Waals surface area contributed by atoms with Gasteiger partial charge in [0.25, 0.3) is 5.91 Å². The van der Waals surface area contributed by atoms with Crippen molar-refractivity contribution in [2.24, 2.45) is 5.73 Å². The molecular weight excluding hydrogens is 354 g/mol. The van der Waals surface area contributed by atoms with Crippen molar-refractivity contribution in [3.8, 4) is 11.5 Å². The lowest BCUT2D eigenvalue weighted by molar-refractivity contribution is -0.114. The van der Waals surface area contributed by atoms with Crippen LogP contribution in [0.25, 0.3) is 0 Å². The smallest absolute Gasteiger partial charge is 0.250 e. The highest BCUT2D eigenvalue weighted by atomic mass is 16.5. The number of nitrogens with one attached hydrogen (secondary N) is 1. The van der Waals surface area contributed by atoms with Gasteiger partial charge in [-0.05, 0) is 48.5 Å². The van der Waals surface area contributed by atoms with Crippen LogP contribution in [0.4, 0.5) is 11.4 Å². The average molecular weight is 375 g/mol. The number of hydrogen-bond donors (Lipinski definition) is 2. The number of rotatable bonds is 7. The van der Waals surface area contributed by atoms with Crippen molar-refractivity contribution in [2.45, 2.75) is 0 Å². The van der Waals surface area contributed by atoms with E-state index >= 15 is 0 Å². The lowest BCUT2D eigenvalue weighted by Gasteiger charge is -2.19. The van der Waals surface area contributed by atoms with Gasteiger partial charge in [0, 0.05) is 12.7 Å². The number of carbonyl (C=O) groups excluding carboxylic acids is 2. The summed E-state index contributed by atoms with van der Waals surface area (Å²) in [5.41, 5.74) is 6.88. The Morgan fingerprint density at radius 2 is 1.50 bits per heavy atom. The fourth-order valence-electron chi connectivity index (χ4n) is 2.70. The molecular formula is C22H21N3O3. The molecule has 0 spiro atoms. The summed E-state index contributed by atoms with van der Waals surface area (Å²) in [7, 11) is 1.81. The van der Waals surface area contributed by atoms with Crippen molar-refractivity contribution in [3.63, 3.8) is 0 Å². The molecule has 0 atom stereocenters. The molecule has 0 aliphatic rings. The zero-order valence-electron chi connectivity index (χ0n) is 15.5. The van der Waals surface area contributed by atoms with E-state index in [1.807, 2.05) is 61.6 Å². The molecule has 142 valence electrons. The van der Waals surface area contributed by atoms with Crippen LogP contribution in [0.15, 0.2) is 78.9 Å². The van der Waals surface area contributed by atoms with Gasteiger partial charge in [-0.2, -0.15) is 0 Å². The van der Waals surface area contributed by atoms with Crippen LogP contribution < -0.4 is 20.7 Å². The lowest BCUT2D eigenvalue weighted by Crippen LogP contribution is -2.30. The van der Waals surface area contributed by atoms with Gasteiger partial charge in [-0.25, -0.2) is 0 Å². The fourth-order valence-corrected chi connectivity index (χ4v) is 2.70. The summed E-state index contributed by atoms with van der Waals surface area (Å²) in [6.07, 6.45) is 0. The molecule has 0 aliphatic carbocycles. The van der Waals surface area contributed by atoms with Crippen LogP contribution in [0.1, 0.15) is 10.4 Å². The van der Waals surface area contributed by atoms with Gasteiger partial charge in [-0.1, -0.05) is 30.3 Å². The SMILES string of the molecule is CN(CC(=O)Nc1ccccc1C(N)=O)c1ccc(Oc2ccccc2)cc1. The van der Waals surface area contributed by atoms with Crippen LogP contribution in [0, 0.1) is 0 Å². The minimum atomic E-state index is -0.585. The molecule has 3 aromatic carbocycles. The number of ether oxygens (including phenoxy) is 1. The molecule has 28 heavy (non-hydrogen) atoms. The maximum Gasteiger partial charge on any atom is 0.250 e. The molecule has 0 unspecified atom stereocenters. The highest BCUT2D eigenvalue weighted by molar-refractivity contribution is 6.03. The number of para-hydroxylation sites is 2. The van der Waals surface area contributed by atoms with Gasteiger partial charge in [0.05, 0.1) is 17.8 Å². The number of primary amides is 1. The normalized spacial score (nSPS) is 10.2. The molecule has 2 amide bonds. The van der Waals surface area contributed by atoms with Crippen LogP contribution in [0.5, 0.6) is 11.5 Å². The number of anilines is 2. The third kappa shape index (κ3) is 4.88. The summed E-state index contributed by atoms with van der Waals surface area (Å²) in [6, 6.07) is 23.6. The van der Waals surface area contributed by atoms with Crippen molar-refractivity contribution in [2.75, 3.05) is 23.8 Å². The van der Waals surface area contributed by atoms with Gasteiger partial charge in [0.15, 0.2) is 0 Å². The summed E-state index contributed by atoms with van der Waals surface area (Å²) in [5, 5.41) is 2.73. The Labute approximate surface area is 163 Å². The number of hydrogen-bond acceptors (Lipinski definition) is 4. The third-order valence-corrected chi connectivity index (χ3v) is 4.10. The van der Waals surface area contributed by atoms with E-state index in [-0.39, 0.29) is 18.0 Å². The monoisotopic (exact) mass is 375 g/mol. The summed E-state index contributed by atoms with van der Waals surface area (Å²) < 4.78 is 5.77. The minimum Gasteiger partial charge on any atom is -0.457 e. The molecule has 3 rings (SSSR count). The molecule has 0 bridgehead atoms. The first kappa shape index (κ1) is 19.0. The summed E-state index contributed by atoms with van der Waals surface area (Å²) >= 11 is 0. The van der Waals surface area contributed by atoms with E-state index in [1.165, 1.54) is 0 Å². The second-order valence-electron chi connectivity index (χ2n) is 6.22. The fraction of sp³-hybridized carbons (Fsp3) is 0.0909. The Morgan fingerprint density at radius 3 is 2.18 bits per heavy atom. The number of nitrogens with zero attached hydrogens (tertiary/aromatic N) is 1. The highest BCUT2D eigenvalue weighted by Gasteiger charge is 2.12. The maximum atomic E-state index is 12.3. The number of carbonyl (C=O) groups is 2. The second kappa shape index (κ2) is 8.73. The predicted molar refractivity (Wildman–Crippen MR) is 110 cm³/mol. The van der Waals surface area contributed by atoms with Crippen molar-refractivity contribution >= 4 is 23.2 Å². The maximum absolute atomic E-state index is 12.3. The van der Waals surface area contributed by atoms with E-state index in [2.05, 4.69) is 5.32 Å². The molecule has 3 N–H and O–H groups in total.